The molecule has 90 valence electrons. The molecule has 0 unspecified atom stereocenters. The molecule has 0 atom stereocenters. The summed E-state index contributed by atoms with van der Waals surface area (Å²) < 4.78 is 0. The SMILES string of the molecule is CCN(CC)c1cnc(CNC(C)C)cn1. The molecule has 0 spiro atoms. The van der Waals surface area contributed by atoms with Crippen LogP contribution in [-0.4, -0.2) is 29.1 Å². The first-order valence-corrected chi connectivity index (χ1v) is 5.96. The molecule has 4 heteroatoms. The first kappa shape index (κ1) is 12.9. The summed E-state index contributed by atoms with van der Waals surface area (Å²) in [5, 5.41) is 3.32. The fourth-order valence-corrected chi connectivity index (χ4v) is 1.46. The minimum atomic E-state index is 0.476. The maximum absolute atomic E-state index is 4.42. The van der Waals surface area contributed by atoms with Crippen LogP contribution in [0.3, 0.4) is 0 Å². The van der Waals surface area contributed by atoms with Crippen LogP contribution in [0.25, 0.3) is 0 Å². The minimum absolute atomic E-state index is 0.476. The summed E-state index contributed by atoms with van der Waals surface area (Å²) in [6.45, 7) is 11.2. The smallest absolute Gasteiger partial charge is 0.147 e. The summed E-state index contributed by atoms with van der Waals surface area (Å²) in [5.74, 6) is 0.957. The van der Waals surface area contributed by atoms with E-state index >= 15 is 0 Å². The molecule has 1 heterocycles. The van der Waals surface area contributed by atoms with Crippen molar-refractivity contribution in [2.45, 2.75) is 40.3 Å². The Bertz CT molecular complexity index is 290. The Hall–Kier alpha value is -1.16. The van der Waals surface area contributed by atoms with E-state index in [1.807, 2.05) is 12.4 Å². The van der Waals surface area contributed by atoms with Gasteiger partial charge in [-0.2, -0.15) is 0 Å². The van der Waals surface area contributed by atoms with Gasteiger partial charge in [0.25, 0.3) is 0 Å². The van der Waals surface area contributed by atoms with Gasteiger partial charge in [0.1, 0.15) is 5.82 Å². The van der Waals surface area contributed by atoms with E-state index in [-0.39, 0.29) is 0 Å². The Balaban J connectivity index is 2.60. The number of nitrogens with one attached hydrogen (secondary N) is 1. The van der Waals surface area contributed by atoms with E-state index in [1.54, 1.807) is 0 Å². The molecule has 0 aromatic carbocycles. The van der Waals surface area contributed by atoms with E-state index in [1.165, 1.54) is 0 Å². The molecule has 0 aliphatic carbocycles. The topological polar surface area (TPSA) is 41.1 Å². The van der Waals surface area contributed by atoms with E-state index in [0.717, 1.165) is 31.1 Å². The third kappa shape index (κ3) is 3.77. The Morgan fingerprint density at radius 2 is 1.88 bits per heavy atom. The predicted molar refractivity (Wildman–Crippen MR) is 67.6 cm³/mol. The number of hydrogen-bond donors (Lipinski definition) is 1. The first-order valence-electron chi connectivity index (χ1n) is 5.96. The average Bonchev–Trinajstić information content (AvgIpc) is 2.29. The molecule has 16 heavy (non-hydrogen) atoms. The van der Waals surface area contributed by atoms with Gasteiger partial charge in [0.2, 0.25) is 0 Å². The van der Waals surface area contributed by atoms with Crippen LogP contribution in [0.4, 0.5) is 5.82 Å². The van der Waals surface area contributed by atoms with Crippen LogP contribution in [0, 0.1) is 0 Å². The van der Waals surface area contributed by atoms with Crippen LogP contribution in [0.5, 0.6) is 0 Å². The zero-order valence-electron chi connectivity index (χ0n) is 10.7. The zero-order chi connectivity index (χ0) is 12.0. The lowest BCUT2D eigenvalue weighted by atomic mass is 10.3. The van der Waals surface area contributed by atoms with E-state index < -0.39 is 0 Å². The average molecular weight is 222 g/mol. The zero-order valence-corrected chi connectivity index (χ0v) is 10.7. The van der Waals surface area contributed by atoms with Gasteiger partial charge < -0.3 is 10.2 Å². The van der Waals surface area contributed by atoms with Crippen molar-refractivity contribution in [3.63, 3.8) is 0 Å². The molecular weight excluding hydrogens is 200 g/mol. The standard InChI is InChI=1S/C12H22N4/c1-5-16(6-2)12-9-14-11(8-15-12)7-13-10(3)4/h8-10,13H,5-7H2,1-4H3. The first-order chi connectivity index (χ1) is 7.67. The van der Waals surface area contributed by atoms with Gasteiger partial charge in [-0.05, 0) is 13.8 Å². The van der Waals surface area contributed by atoms with Crippen molar-refractivity contribution in [3.8, 4) is 0 Å². The van der Waals surface area contributed by atoms with Crippen LogP contribution < -0.4 is 10.2 Å². The third-order valence-electron chi connectivity index (χ3n) is 2.47. The quantitative estimate of drug-likeness (QED) is 0.797. The highest BCUT2D eigenvalue weighted by molar-refractivity contribution is 5.35. The molecule has 0 saturated heterocycles. The maximum atomic E-state index is 4.42. The molecule has 0 bridgehead atoms. The van der Waals surface area contributed by atoms with Crippen LogP contribution in [-0.2, 0) is 6.54 Å². The highest BCUT2D eigenvalue weighted by Gasteiger charge is 2.04. The second-order valence-electron chi connectivity index (χ2n) is 4.07. The maximum Gasteiger partial charge on any atom is 0.147 e. The van der Waals surface area contributed by atoms with Gasteiger partial charge in [0, 0.05) is 25.7 Å². The molecule has 0 aliphatic heterocycles. The van der Waals surface area contributed by atoms with Crippen LogP contribution in [0.2, 0.25) is 0 Å². The Morgan fingerprint density at radius 3 is 2.31 bits per heavy atom. The number of aromatic nitrogens is 2. The second-order valence-corrected chi connectivity index (χ2v) is 4.07. The molecule has 1 N–H and O–H groups in total. The Morgan fingerprint density at radius 1 is 1.19 bits per heavy atom. The molecular formula is C12H22N4. The monoisotopic (exact) mass is 222 g/mol. The molecule has 0 radical (unpaired) electrons. The summed E-state index contributed by atoms with van der Waals surface area (Å²) >= 11 is 0. The van der Waals surface area contributed by atoms with Crippen molar-refractivity contribution in [2.24, 2.45) is 0 Å². The minimum Gasteiger partial charge on any atom is -0.356 e. The number of anilines is 1. The van der Waals surface area contributed by atoms with E-state index in [4.69, 9.17) is 0 Å². The van der Waals surface area contributed by atoms with Gasteiger partial charge in [-0.15, -0.1) is 0 Å². The van der Waals surface area contributed by atoms with E-state index in [9.17, 15) is 0 Å². The second kappa shape index (κ2) is 6.43. The van der Waals surface area contributed by atoms with Gasteiger partial charge in [-0.3, -0.25) is 4.98 Å². The summed E-state index contributed by atoms with van der Waals surface area (Å²) in [7, 11) is 0. The molecule has 1 aromatic heterocycles. The van der Waals surface area contributed by atoms with Crippen molar-refractivity contribution in [2.75, 3.05) is 18.0 Å². The molecule has 1 rings (SSSR count). The van der Waals surface area contributed by atoms with Gasteiger partial charge in [-0.1, -0.05) is 13.8 Å². The van der Waals surface area contributed by atoms with Gasteiger partial charge in [0.15, 0.2) is 0 Å². The van der Waals surface area contributed by atoms with Crippen LogP contribution >= 0.6 is 0 Å². The van der Waals surface area contributed by atoms with Crippen molar-refractivity contribution >= 4 is 5.82 Å². The predicted octanol–water partition coefficient (Wildman–Crippen LogP) is 1.82. The molecule has 0 saturated carbocycles. The van der Waals surface area contributed by atoms with Crippen molar-refractivity contribution < 1.29 is 0 Å². The number of rotatable bonds is 6. The fraction of sp³-hybridized carbons (Fsp3) is 0.667. The highest BCUT2D eigenvalue weighted by Crippen LogP contribution is 2.07. The van der Waals surface area contributed by atoms with E-state index in [2.05, 4.69) is 47.9 Å². The molecule has 4 nitrogen and oxygen atoms in total. The lowest BCUT2D eigenvalue weighted by Gasteiger charge is -2.19. The van der Waals surface area contributed by atoms with E-state index in [0.29, 0.717) is 6.04 Å². The molecule has 1 aromatic rings. The third-order valence-corrected chi connectivity index (χ3v) is 2.47. The summed E-state index contributed by atoms with van der Waals surface area (Å²) in [4.78, 5) is 11.0. The lowest BCUT2D eigenvalue weighted by molar-refractivity contribution is 0.580. The molecule has 0 amide bonds. The number of hydrogen-bond acceptors (Lipinski definition) is 4. The van der Waals surface area contributed by atoms with Crippen molar-refractivity contribution in [3.05, 3.63) is 18.1 Å². The number of nitrogens with zero attached hydrogens (tertiary/aromatic N) is 3. The van der Waals surface area contributed by atoms with Crippen molar-refractivity contribution in [1.82, 2.24) is 15.3 Å². The Kier molecular flexibility index (Phi) is 5.19. The fourth-order valence-electron chi connectivity index (χ4n) is 1.46. The molecule has 0 fully saturated rings. The largest absolute Gasteiger partial charge is 0.356 e. The Labute approximate surface area is 98.1 Å². The summed E-state index contributed by atoms with van der Waals surface area (Å²) in [6, 6.07) is 0.476. The van der Waals surface area contributed by atoms with Crippen molar-refractivity contribution in [1.29, 1.82) is 0 Å². The lowest BCUT2D eigenvalue weighted by Crippen LogP contribution is -2.24. The highest BCUT2D eigenvalue weighted by atomic mass is 15.2. The van der Waals surface area contributed by atoms with Gasteiger partial charge in [-0.25, -0.2) is 4.98 Å². The summed E-state index contributed by atoms with van der Waals surface area (Å²) in [6.07, 6.45) is 3.70. The van der Waals surface area contributed by atoms with Gasteiger partial charge >= 0.3 is 0 Å². The molecule has 0 aliphatic rings. The normalized spacial score (nSPS) is 10.8. The van der Waals surface area contributed by atoms with Crippen LogP contribution in [0.1, 0.15) is 33.4 Å². The van der Waals surface area contributed by atoms with Crippen LogP contribution in [0.15, 0.2) is 12.4 Å². The van der Waals surface area contributed by atoms with Gasteiger partial charge in [0.05, 0.1) is 18.1 Å². The summed E-state index contributed by atoms with van der Waals surface area (Å²) in [5.41, 5.74) is 0.990.